The van der Waals surface area contributed by atoms with Crippen molar-refractivity contribution in [2.75, 3.05) is 0 Å². The quantitative estimate of drug-likeness (QED) is 0.616. The maximum atomic E-state index is 12.2. The minimum atomic E-state index is -0.791. The van der Waals surface area contributed by atoms with Gasteiger partial charge in [0.15, 0.2) is 11.6 Å². The molecule has 0 saturated heterocycles. The standard InChI is InChI=1S/C7H6F2.BrH/c1-5-2-3-6(8)7(9)4-5;/h2-4H,1H3;1H. The highest BCUT2D eigenvalue weighted by molar-refractivity contribution is 8.93. The molecule has 1 aromatic rings. The molecule has 1 rings (SSSR count). The second-order valence-electron chi connectivity index (χ2n) is 1.92. The summed E-state index contributed by atoms with van der Waals surface area (Å²) >= 11 is 0. The van der Waals surface area contributed by atoms with Crippen LogP contribution in [0.25, 0.3) is 0 Å². The first-order chi connectivity index (χ1) is 4.20. The van der Waals surface area contributed by atoms with Crippen LogP contribution >= 0.6 is 17.0 Å². The minimum Gasteiger partial charge on any atom is -0.204 e. The van der Waals surface area contributed by atoms with Crippen molar-refractivity contribution in [3.05, 3.63) is 35.4 Å². The molecule has 0 bridgehead atoms. The van der Waals surface area contributed by atoms with E-state index in [9.17, 15) is 8.78 Å². The van der Waals surface area contributed by atoms with Gasteiger partial charge in [-0.2, -0.15) is 0 Å². The van der Waals surface area contributed by atoms with Gasteiger partial charge in [-0.1, -0.05) is 6.07 Å². The lowest BCUT2D eigenvalue weighted by molar-refractivity contribution is 0.508. The molecule has 0 fully saturated rings. The van der Waals surface area contributed by atoms with E-state index in [1.165, 1.54) is 6.07 Å². The highest BCUT2D eigenvalue weighted by atomic mass is 79.9. The first-order valence-electron chi connectivity index (χ1n) is 2.62. The van der Waals surface area contributed by atoms with Crippen molar-refractivity contribution < 1.29 is 8.78 Å². The Morgan fingerprint density at radius 1 is 1.10 bits per heavy atom. The number of hydrogen-bond acceptors (Lipinski definition) is 0. The largest absolute Gasteiger partial charge is 0.204 e. The molecule has 1 aromatic carbocycles. The smallest absolute Gasteiger partial charge is 0.159 e. The summed E-state index contributed by atoms with van der Waals surface area (Å²) < 4.78 is 24.3. The third-order valence-electron chi connectivity index (χ3n) is 1.08. The molecule has 0 amide bonds. The van der Waals surface area contributed by atoms with Crippen LogP contribution in [0.3, 0.4) is 0 Å². The Morgan fingerprint density at radius 3 is 2.10 bits per heavy atom. The van der Waals surface area contributed by atoms with Crippen LogP contribution in [0.1, 0.15) is 5.56 Å². The van der Waals surface area contributed by atoms with Crippen LogP contribution in [0.15, 0.2) is 18.2 Å². The van der Waals surface area contributed by atoms with Crippen molar-refractivity contribution in [2.45, 2.75) is 6.92 Å². The molecule has 0 saturated carbocycles. The SMILES string of the molecule is Br.Cc1ccc(F)c(F)c1. The van der Waals surface area contributed by atoms with E-state index < -0.39 is 11.6 Å². The zero-order valence-corrected chi connectivity index (χ0v) is 7.11. The van der Waals surface area contributed by atoms with E-state index in [0.29, 0.717) is 0 Å². The monoisotopic (exact) mass is 208 g/mol. The van der Waals surface area contributed by atoms with E-state index in [-0.39, 0.29) is 17.0 Å². The van der Waals surface area contributed by atoms with Crippen LogP contribution in [-0.2, 0) is 0 Å². The number of halogens is 3. The van der Waals surface area contributed by atoms with Gasteiger partial charge in [-0.25, -0.2) is 8.78 Å². The second-order valence-corrected chi connectivity index (χ2v) is 1.92. The van der Waals surface area contributed by atoms with Crippen molar-refractivity contribution in [1.82, 2.24) is 0 Å². The molecule has 0 aromatic heterocycles. The van der Waals surface area contributed by atoms with E-state index in [0.717, 1.165) is 17.7 Å². The third-order valence-corrected chi connectivity index (χ3v) is 1.08. The number of rotatable bonds is 0. The summed E-state index contributed by atoms with van der Waals surface area (Å²) in [5.41, 5.74) is 0.730. The third kappa shape index (κ3) is 2.06. The summed E-state index contributed by atoms with van der Waals surface area (Å²) in [4.78, 5) is 0. The van der Waals surface area contributed by atoms with Gasteiger partial charge in [-0.15, -0.1) is 17.0 Å². The van der Waals surface area contributed by atoms with Gasteiger partial charge in [0.25, 0.3) is 0 Å². The van der Waals surface area contributed by atoms with Gasteiger partial charge < -0.3 is 0 Å². The predicted molar refractivity (Wildman–Crippen MR) is 41.4 cm³/mol. The Balaban J connectivity index is 0.000000810. The molecule has 0 atom stereocenters. The van der Waals surface area contributed by atoms with Gasteiger partial charge >= 0.3 is 0 Å². The highest BCUT2D eigenvalue weighted by Gasteiger charge is 1.97. The molecule has 0 nitrogen and oxygen atoms in total. The Kier molecular flexibility index (Phi) is 3.50. The molecule has 0 radical (unpaired) electrons. The van der Waals surface area contributed by atoms with E-state index in [4.69, 9.17) is 0 Å². The fourth-order valence-corrected chi connectivity index (χ4v) is 0.601. The van der Waals surface area contributed by atoms with Crippen molar-refractivity contribution >= 4 is 17.0 Å². The Labute approximate surface area is 68.6 Å². The van der Waals surface area contributed by atoms with Crippen molar-refractivity contribution in [3.8, 4) is 0 Å². The average molecular weight is 209 g/mol. The lowest BCUT2D eigenvalue weighted by Gasteiger charge is -1.91. The van der Waals surface area contributed by atoms with Crippen molar-refractivity contribution in [3.63, 3.8) is 0 Å². The first-order valence-corrected chi connectivity index (χ1v) is 2.62. The summed E-state index contributed by atoms with van der Waals surface area (Å²) in [6.07, 6.45) is 0. The number of benzene rings is 1. The van der Waals surface area contributed by atoms with Crippen LogP contribution in [-0.4, -0.2) is 0 Å². The van der Waals surface area contributed by atoms with Crippen molar-refractivity contribution in [2.24, 2.45) is 0 Å². The van der Waals surface area contributed by atoms with Crippen LogP contribution in [0.4, 0.5) is 8.78 Å². The fraction of sp³-hybridized carbons (Fsp3) is 0.143. The van der Waals surface area contributed by atoms with Crippen LogP contribution in [0.2, 0.25) is 0 Å². The zero-order valence-electron chi connectivity index (χ0n) is 5.40. The van der Waals surface area contributed by atoms with E-state index in [2.05, 4.69) is 0 Å². The first kappa shape index (κ1) is 9.56. The van der Waals surface area contributed by atoms with E-state index in [1.807, 2.05) is 0 Å². The van der Waals surface area contributed by atoms with Crippen molar-refractivity contribution in [1.29, 1.82) is 0 Å². The van der Waals surface area contributed by atoms with E-state index in [1.54, 1.807) is 6.92 Å². The molecule has 0 aliphatic carbocycles. The maximum Gasteiger partial charge on any atom is 0.159 e. The van der Waals surface area contributed by atoms with Gasteiger partial charge in [-0.3, -0.25) is 0 Å². The molecular weight excluding hydrogens is 202 g/mol. The molecule has 0 N–H and O–H groups in total. The van der Waals surface area contributed by atoms with Gasteiger partial charge in [0, 0.05) is 0 Å². The highest BCUT2D eigenvalue weighted by Crippen LogP contribution is 2.06. The van der Waals surface area contributed by atoms with Gasteiger partial charge in [0.05, 0.1) is 0 Å². The molecule has 56 valence electrons. The lowest BCUT2D eigenvalue weighted by Crippen LogP contribution is -1.82. The second kappa shape index (κ2) is 3.66. The molecule has 0 spiro atoms. The summed E-state index contributed by atoms with van der Waals surface area (Å²) in [6, 6.07) is 3.80. The molecule has 0 aliphatic rings. The Morgan fingerprint density at radius 2 is 1.70 bits per heavy atom. The molecular formula is C7H7BrF2. The van der Waals surface area contributed by atoms with Crippen LogP contribution in [0, 0.1) is 18.6 Å². The number of aryl methyl sites for hydroxylation is 1. The summed E-state index contributed by atoms with van der Waals surface area (Å²) in [6.45, 7) is 1.71. The van der Waals surface area contributed by atoms with E-state index >= 15 is 0 Å². The average Bonchev–Trinajstić information content (AvgIpc) is 1.80. The zero-order chi connectivity index (χ0) is 6.85. The lowest BCUT2D eigenvalue weighted by atomic mass is 10.2. The topological polar surface area (TPSA) is 0 Å². The molecule has 0 unspecified atom stereocenters. The van der Waals surface area contributed by atoms with Gasteiger partial charge in [-0.05, 0) is 24.6 Å². The summed E-state index contributed by atoms with van der Waals surface area (Å²) in [7, 11) is 0. The Bertz CT molecular complexity index is 223. The molecule has 10 heavy (non-hydrogen) atoms. The van der Waals surface area contributed by atoms with Gasteiger partial charge in [0.2, 0.25) is 0 Å². The predicted octanol–water partition coefficient (Wildman–Crippen LogP) is 2.85. The number of hydrogen-bond donors (Lipinski definition) is 0. The molecule has 3 heteroatoms. The summed E-state index contributed by atoms with van der Waals surface area (Å²) in [5.74, 6) is -1.57. The normalized spacial score (nSPS) is 8.70. The van der Waals surface area contributed by atoms with Crippen LogP contribution < -0.4 is 0 Å². The fourth-order valence-electron chi connectivity index (χ4n) is 0.601. The Hall–Kier alpha value is -0.440. The minimum absolute atomic E-state index is 0. The maximum absolute atomic E-state index is 12.2. The summed E-state index contributed by atoms with van der Waals surface area (Å²) in [5, 5.41) is 0. The van der Waals surface area contributed by atoms with Crippen LogP contribution in [0.5, 0.6) is 0 Å². The molecule has 0 heterocycles. The van der Waals surface area contributed by atoms with Gasteiger partial charge in [0.1, 0.15) is 0 Å². The molecule has 0 aliphatic heterocycles.